The second-order valence-corrected chi connectivity index (χ2v) is 4.24. The number of fused-ring (bicyclic) bond motifs is 1. The molecular formula is C13H15NO2. The first-order chi connectivity index (χ1) is 7.58. The molecule has 0 bridgehead atoms. The van der Waals surface area contributed by atoms with Crippen molar-refractivity contribution in [2.75, 3.05) is 0 Å². The minimum atomic E-state index is -0.943. The van der Waals surface area contributed by atoms with Crippen molar-refractivity contribution in [3.8, 4) is 0 Å². The van der Waals surface area contributed by atoms with Crippen LogP contribution in [0.3, 0.4) is 0 Å². The van der Waals surface area contributed by atoms with E-state index in [1.165, 1.54) is 11.1 Å². The lowest BCUT2D eigenvalue weighted by molar-refractivity contribution is -0.138. The van der Waals surface area contributed by atoms with E-state index < -0.39 is 12.0 Å². The number of benzene rings is 1. The zero-order valence-corrected chi connectivity index (χ0v) is 9.23. The molecule has 0 amide bonds. The van der Waals surface area contributed by atoms with E-state index in [0.717, 1.165) is 17.6 Å². The molecule has 0 spiro atoms. The summed E-state index contributed by atoms with van der Waals surface area (Å²) in [5.74, 6) is -0.943. The van der Waals surface area contributed by atoms with Gasteiger partial charge in [-0.25, -0.2) is 0 Å². The average Bonchev–Trinajstić information content (AvgIpc) is 2.60. The van der Waals surface area contributed by atoms with E-state index in [-0.39, 0.29) is 0 Å². The van der Waals surface area contributed by atoms with Crippen LogP contribution in [0.2, 0.25) is 0 Å². The van der Waals surface area contributed by atoms with E-state index >= 15 is 0 Å². The van der Waals surface area contributed by atoms with Gasteiger partial charge in [-0.05, 0) is 36.5 Å². The minimum absolute atomic E-state index is 0.408. The van der Waals surface area contributed by atoms with Crippen LogP contribution < -0.4 is 5.73 Å². The fraction of sp³-hybridized carbons (Fsp3) is 0.308. The van der Waals surface area contributed by atoms with Gasteiger partial charge in [0, 0.05) is 0 Å². The summed E-state index contributed by atoms with van der Waals surface area (Å²) in [5, 5.41) is 8.78. The number of aryl methyl sites for hydroxylation is 1. The number of nitrogens with two attached hydrogens (primary N) is 1. The maximum absolute atomic E-state index is 10.7. The van der Waals surface area contributed by atoms with Gasteiger partial charge >= 0.3 is 5.97 Å². The van der Waals surface area contributed by atoms with E-state index in [4.69, 9.17) is 10.8 Å². The van der Waals surface area contributed by atoms with Crippen LogP contribution in [0.1, 0.15) is 23.1 Å². The van der Waals surface area contributed by atoms with Crippen molar-refractivity contribution < 1.29 is 9.90 Å². The summed E-state index contributed by atoms with van der Waals surface area (Å²) in [5.41, 5.74) is 10.3. The average molecular weight is 217 g/mol. The van der Waals surface area contributed by atoms with Gasteiger partial charge in [0.25, 0.3) is 0 Å². The standard InChI is InChI=1S/C13H15NO2/c1-8-2-5-11-9(6-8)3-4-10(11)7-12(14)13(15)16/h2,4-6,12H,3,7,14H2,1H3,(H,15,16). The Morgan fingerprint density at radius 1 is 1.56 bits per heavy atom. The number of allylic oxidation sites excluding steroid dienone is 1. The highest BCUT2D eigenvalue weighted by Gasteiger charge is 2.19. The van der Waals surface area contributed by atoms with Crippen LogP contribution in [-0.2, 0) is 11.2 Å². The summed E-state index contributed by atoms with van der Waals surface area (Å²) in [6.07, 6.45) is 3.37. The molecule has 1 aromatic carbocycles. The van der Waals surface area contributed by atoms with Crippen LogP contribution in [-0.4, -0.2) is 17.1 Å². The van der Waals surface area contributed by atoms with Crippen molar-refractivity contribution in [1.82, 2.24) is 0 Å². The Hall–Kier alpha value is -1.61. The molecule has 16 heavy (non-hydrogen) atoms. The molecule has 1 atom stereocenters. The molecule has 0 aromatic heterocycles. The van der Waals surface area contributed by atoms with Crippen molar-refractivity contribution in [2.45, 2.75) is 25.8 Å². The highest BCUT2D eigenvalue weighted by molar-refractivity contribution is 5.80. The zero-order valence-electron chi connectivity index (χ0n) is 9.23. The smallest absolute Gasteiger partial charge is 0.320 e. The minimum Gasteiger partial charge on any atom is -0.480 e. The Bertz CT molecular complexity index is 463. The lowest BCUT2D eigenvalue weighted by Crippen LogP contribution is -2.30. The second-order valence-electron chi connectivity index (χ2n) is 4.24. The van der Waals surface area contributed by atoms with Gasteiger partial charge in [-0.2, -0.15) is 0 Å². The SMILES string of the molecule is Cc1ccc2c(c1)CC=C2CC(N)C(=O)O. The largest absolute Gasteiger partial charge is 0.480 e. The van der Waals surface area contributed by atoms with Gasteiger partial charge in [-0.1, -0.05) is 29.8 Å². The monoisotopic (exact) mass is 217 g/mol. The van der Waals surface area contributed by atoms with Gasteiger partial charge in [0.1, 0.15) is 6.04 Å². The molecule has 0 aliphatic heterocycles. The van der Waals surface area contributed by atoms with Gasteiger partial charge in [0.2, 0.25) is 0 Å². The third-order valence-electron chi connectivity index (χ3n) is 2.93. The molecule has 1 aromatic rings. The predicted molar refractivity (Wildman–Crippen MR) is 63.1 cm³/mol. The van der Waals surface area contributed by atoms with Crippen LogP contribution in [0.5, 0.6) is 0 Å². The van der Waals surface area contributed by atoms with Crippen molar-refractivity contribution in [1.29, 1.82) is 0 Å². The Labute approximate surface area is 94.6 Å². The normalized spacial score (nSPS) is 15.5. The van der Waals surface area contributed by atoms with Crippen LogP contribution >= 0.6 is 0 Å². The molecule has 1 unspecified atom stereocenters. The lowest BCUT2D eigenvalue weighted by Gasteiger charge is -2.09. The molecule has 3 N–H and O–H groups in total. The summed E-state index contributed by atoms with van der Waals surface area (Å²) in [6.45, 7) is 2.06. The predicted octanol–water partition coefficient (Wildman–Crippen LogP) is 1.74. The first-order valence-electron chi connectivity index (χ1n) is 5.35. The van der Waals surface area contributed by atoms with Gasteiger partial charge in [0.05, 0.1) is 0 Å². The topological polar surface area (TPSA) is 63.3 Å². The van der Waals surface area contributed by atoms with Crippen LogP contribution in [0.25, 0.3) is 5.57 Å². The zero-order chi connectivity index (χ0) is 11.7. The van der Waals surface area contributed by atoms with Gasteiger partial charge < -0.3 is 10.8 Å². The van der Waals surface area contributed by atoms with Crippen molar-refractivity contribution in [3.05, 3.63) is 41.0 Å². The number of aliphatic carboxylic acids is 1. The summed E-state index contributed by atoms with van der Waals surface area (Å²) in [6, 6.07) is 5.44. The third kappa shape index (κ3) is 1.99. The molecule has 3 heteroatoms. The van der Waals surface area contributed by atoms with Gasteiger partial charge in [-0.15, -0.1) is 0 Å². The quantitative estimate of drug-likeness (QED) is 0.810. The summed E-state index contributed by atoms with van der Waals surface area (Å²) in [4.78, 5) is 10.7. The Morgan fingerprint density at radius 2 is 2.31 bits per heavy atom. The maximum Gasteiger partial charge on any atom is 0.320 e. The summed E-state index contributed by atoms with van der Waals surface area (Å²) >= 11 is 0. The Kier molecular flexibility index (Phi) is 2.79. The molecule has 1 aliphatic carbocycles. The number of rotatable bonds is 3. The van der Waals surface area contributed by atoms with E-state index in [1.807, 2.05) is 6.07 Å². The highest BCUT2D eigenvalue weighted by Crippen LogP contribution is 2.30. The van der Waals surface area contributed by atoms with E-state index in [0.29, 0.717) is 6.42 Å². The first kappa shape index (κ1) is 10.9. The second kappa shape index (κ2) is 4.10. The molecule has 0 heterocycles. The molecule has 0 saturated carbocycles. The number of hydrogen-bond acceptors (Lipinski definition) is 2. The van der Waals surface area contributed by atoms with E-state index in [9.17, 15) is 4.79 Å². The maximum atomic E-state index is 10.7. The Balaban J connectivity index is 2.20. The van der Waals surface area contributed by atoms with Crippen molar-refractivity contribution in [3.63, 3.8) is 0 Å². The molecule has 1 aliphatic rings. The summed E-state index contributed by atoms with van der Waals surface area (Å²) < 4.78 is 0. The molecule has 84 valence electrons. The fourth-order valence-electron chi connectivity index (χ4n) is 2.07. The summed E-state index contributed by atoms with van der Waals surface area (Å²) in [7, 11) is 0. The van der Waals surface area contributed by atoms with Gasteiger partial charge in [0.15, 0.2) is 0 Å². The van der Waals surface area contributed by atoms with Crippen LogP contribution in [0.4, 0.5) is 0 Å². The molecule has 2 rings (SSSR count). The van der Waals surface area contributed by atoms with Crippen LogP contribution in [0.15, 0.2) is 24.3 Å². The van der Waals surface area contributed by atoms with Crippen molar-refractivity contribution in [2.24, 2.45) is 5.73 Å². The van der Waals surface area contributed by atoms with Gasteiger partial charge in [-0.3, -0.25) is 4.79 Å². The van der Waals surface area contributed by atoms with Crippen LogP contribution in [0, 0.1) is 6.92 Å². The molecule has 3 nitrogen and oxygen atoms in total. The molecule has 0 saturated heterocycles. The molecule has 0 fully saturated rings. The number of hydrogen-bond donors (Lipinski definition) is 2. The van der Waals surface area contributed by atoms with Crippen molar-refractivity contribution >= 4 is 11.5 Å². The van der Waals surface area contributed by atoms with E-state index in [2.05, 4.69) is 25.1 Å². The molecular weight excluding hydrogens is 202 g/mol. The van der Waals surface area contributed by atoms with E-state index in [1.54, 1.807) is 0 Å². The Morgan fingerprint density at radius 3 is 3.00 bits per heavy atom. The first-order valence-corrected chi connectivity index (χ1v) is 5.35. The molecule has 0 radical (unpaired) electrons. The number of carboxylic acid groups (broad SMARTS) is 1. The fourth-order valence-corrected chi connectivity index (χ4v) is 2.07. The third-order valence-corrected chi connectivity index (χ3v) is 2.93. The lowest BCUT2D eigenvalue weighted by atomic mass is 9.99. The highest BCUT2D eigenvalue weighted by atomic mass is 16.4. The number of carboxylic acids is 1. The number of carbonyl (C=O) groups is 1.